The maximum atomic E-state index is 13.4. The minimum absolute atomic E-state index is 0.0366. The van der Waals surface area contributed by atoms with Crippen LogP contribution in [0.2, 0.25) is 0 Å². The monoisotopic (exact) mass is 478 g/mol. The van der Waals surface area contributed by atoms with Gasteiger partial charge in [-0.3, -0.25) is 14.5 Å². The fraction of sp³-hybridized carbons (Fsp3) is 0.536. The highest BCUT2D eigenvalue weighted by Crippen LogP contribution is 2.35. The third-order valence-corrected chi connectivity index (χ3v) is 7.12. The first-order chi connectivity index (χ1) is 16.9. The Hall–Kier alpha value is -2.93. The SMILES string of the molecule is CCCCN1C(=O)C(CC(C)C)NC(=O)C12CCN(Cc1ccc(Oc3ccccn3)cc1)CC2. The fourth-order valence-electron chi connectivity index (χ4n) is 5.17. The van der Waals surface area contributed by atoms with Gasteiger partial charge < -0.3 is 15.0 Å². The van der Waals surface area contributed by atoms with Gasteiger partial charge in [0.25, 0.3) is 0 Å². The number of amides is 2. The Morgan fingerprint density at radius 1 is 1.11 bits per heavy atom. The summed E-state index contributed by atoms with van der Waals surface area (Å²) in [4.78, 5) is 35.3. The van der Waals surface area contributed by atoms with Gasteiger partial charge in [-0.05, 0) is 55.4 Å². The van der Waals surface area contributed by atoms with Crippen LogP contribution in [0.5, 0.6) is 11.6 Å². The number of hydrogen-bond acceptors (Lipinski definition) is 5. The molecule has 35 heavy (non-hydrogen) atoms. The number of piperazine rings is 1. The maximum absolute atomic E-state index is 13.4. The number of piperidine rings is 1. The summed E-state index contributed by atoms with van der Waals surface area (Å²) in [5, 5.41) is 3.09. The number of carbonyl (C=O) groups excluding carboxylic acids is 2. The molecule has 0 saturated carbocycles. The summed E-state index contributed by atoms with van der Waals surface area (Å²) < 4.78 is 5.79. The number of benzene rings is 1. The summed E-state index contributed by atoms with van der Waals surface area (Å²) in [6, 6.07) is 13.3. The number of nitrogens with zero attached hydrogens (tertiary/aromatic N) is 3. The predicted octanol–water partition coefficient (Wildman–Crippen LogP) is 4.38. The zero-order chi connectivity index (χ0) is 24.8. The Bertz CT molecular complexity index is 985. The highest BCUT2D eigenvalue weighted by molar-refractivity contribution is 6.00. The molecule has 2 fully saturated rings. The molecule has 7 heteroatoms. The summed E-state index contributed by atoms with van der Waals surface area (Å²) in [6.07, 6.45) is 5.66. The number of aromatic nitrogens is 1. The van der Waals surface area contributed by atoms with Gasteiger partial charge in [0.1, 0.15) is 17.3 Å². The van der Waals surface area contributed by atoms with Gasteiger partial charge in [0.2, 0.25) is 17.7 Å². The number of pyridine rings is 1. The van der Waals surface area contributed by atoms with Gasteiger partial charge in [0.05, 0.1) is 0 Å². The van der Waals surface area contributed by atoms with Crippen LogP contribution in [0, 0.1) is 5.92 Å². The molecule has 1 aromatic carbocycles. The summed E-state index contributed by atoms with van der Waals surface area (Å²) in [5.41, 5.74) is 0.481. The Kier molecular flexibility index (Phi) is 8.06. The van der Waals surface area contributed by atoms with Crippen molar-refractivity contribution in [2.75, 3.05) is 19.6 Å². The van der Waals surface area contributed by atoms with Gasteiger partial charge >= 0.3 is 0 Å². The lowest BCUT2D eigenvalue weighted by Gasteiger charge is -2.52. The molecule has 0 radical (unpaired) electrons. The molecule has 2 saturated heterocycles. The van der Waals surface area contributed by atoms with E-state index in [2.05, 4.69) is 48.1 Å². The molecule has 2 aliphatic rings. The van der Waals surface area contributed by atoms with Crippen LogP contribution in [-0.4, -0.2) is 57.8 Å². The largest absolute Gasteiger partial charge is 0.439 e. The lowest BCUT2D eigenvalue weighted by molar-refractivity contribution is -0.161. The molecule has 1 unspecified atom stereocenters. The summed E-state index contributed by atoms with van der Waals surface area (Å²) in [6.45, 7) is 9.35. The van der Waals surface area contributed by atoms with Crippen LogP contribution in [0.1, 0.15) is 58.4 Å². The third kappa shape index (κ3) is 5.84. The zero-order valence-corrected chi connectivity index (χ0v) is 21.2. The Morgan fingerprint density at radius 3 is 2.49 bits per heavy atom. The molecule has 2 aromatic rings. The van der Waals surface area contributed by atoms with Crippen molar-refractivity contribution in [2.45, 2.75) is 71.0 Å². The molecular formula is C28H38N4O3. The lowest BCUT2D eigenvalue weighted by Crippen LogP contribution is -2.73. The molecule has 2 aliphatic heterocycles. The third-order valence-electron chi connectivity index (χ3n) is 7.12. The highest BCUT2D eigenvalue weighted by atomic mass is 16.5. The normalized spacial score (nSPS) is 20.3. The summed E-state index contributed by atoms with van der Waals surface area (Å²) in [5.74, 6) is 1.82. The van der Waals surface area contributed by atoms with Crippen molar-refractivity contribution < 1.29 is 14.3 Å². The number of nitrogens with one attached hydrogen (secondary N) is 1. The Labute approximate surface area is 208 Å². The molecule has 0 aliphatic carbocycles. The van der Waals surface area contributed by atoms with E-state index in [0.29, 0.717) is 37.6 Å². The topological polar surface area (TPSA) is 74.8 Å². The van der Waals surface area contributed by atoms with Gasteiger partial charge in [-0.2, -0.15) is 0 Å². The number of carbonyl (C=O) groups is 2. The molecule has 0 bridgehead atoms. The number of unbranched alkanes of at least 4 members (excludes halogenated alkanes) is 1. The smallest absolute Gasteiger partial charge is 0.246 e. The molecule has 2 amide bonds. The summed E-state index contributed by atoms with van der Waals surface area (Å²) >= 11 is 0. The van der Waals surface area contributed by atoms with Crippen LogP contribution in [0.3, 0.4) is 0 Å². The van der Waals surface area contributed by atoms with Crippen molar-refractivity contribution in [3.05, 3.63) is 54.2 Å². The Balaban J connectivity index is 1.38. The molecule has 1 atom stereocenters. The summed E-state index contributed by atoms with van der Waals surface area (Å²) in [7, 11) is 0. The quantitative estimate of drug-likeness (QED) is 0.579. The number of likely N-dealkylation sites (tertiary alicyclic amines) is 1. The van der Waals surface area contributed by atoms with Crippen LogP contribution in [0.15, 0.2) is 48.7 Å². The average Bonchev–Trinajstić information content (AvgIpc) is 2.85. The highest BCUT2D eigenvalue weighted by Gasteiger charge is 2.53. The molecule has 7 nitrogen and oxygen atoms in total. The van der Waals surface area contributed by atoms with Gasteiger partial charge in [0.15, 0.2) is 0 Å². The second-order valence-corrected chi connectivity index (χ2v) is 10.2. The van der Waals surface area contributed by atoms with Crippen molar-refractivity contribution in [2.24, 2.45) is 5.92 Å². The second-order valence-electron chi connectivity index (χ2n) is 10.2. The predicted molar refractivity (Wildman–Crippen MR) is 136 cm³/mol. The van der Waals surface area contributed by atoms with E-state index in [1.54, 1.807) is 6.20 Å². The van der Waals surface area contributed by atoms with E-state index in [1.165, 1.54) is 5.56 Å². The first kappa shape index (κ1) is 25.2. The zero-order valence-electron chi connectivity index (χ0n) is 21.2. The molecule has 4 rings (SSSR count). The van der Waals surface area contributed by atoms with E-state index in [-0.39, 0.29) is 11.8 Å². The number of hydrogen-bond donors (Lipinski definition) is 1. The second kappa shape index (κ2) is 11.2. The number of rotatable bonds is 9. The van der Waals surface area contributed by atoms with E-state index < -0.39 is 11.6 Å². The van der Waals surface area contributed by atoms with E-state index in [9.17, 15) is 9.59 Å². The van der Waals surface area contributed by atoms with Crippen LogP contribution >= 0.6 is 0 Å². The molecule has 1 aromatic heterocycles. The van der Waals surface area contributed by atoms with Crippen LogP contribution in [0.25, 0.3) is 0 Å². The Morgan fingerprint density at radius 2 is 1.86 bits per heavy atom. The van der Waals surface area contributed by atoms with E-state index >= 15 is 0 Å². The standard InChI is InChI=1S/C28H38N4O3/c1-4-5-16-32-26(33)24(19-21(2)3)30-27(34)28(32)13-17-31(18-14-28)20-22-9-11-23(12-10-22)35-25-8-6-7-15-29-25/h6-12,15,21,24H,4-5,13-14,16-20H2,1-3H3,(H,30,34). The fourth-order valence-corrected chi connectivity index (χ4v) is 5.17. The van der Waals surface area contributed by atoms with Crippen molar-refractivity contribution >= 4 is 11.8 Å². The van der Waals surface area contributed by atoms with E-state index in [0.717, 1.165) is 38.2 Å². The molecule has 1 spiro atoms. The minimum Gasteiger partial charge on any atom is -0.439 e. The van der Waals surface area contributed by atoms with Gasteiger partial charge in [0, 0.05) is 38.4 Å². The first-order valence-electron chi connectivity index (χ1n) is 12.9. The van der Waals surface area contributed by atoms with Crippen LogP contribution in [0.4, 0.5) is 0 Å². The van der Waals surface area contributed by atoms with Crippen molar-refractivity contribution in [1.29, 1.82) is 0 Å². The van der Waals surface area contributed by atoms with Crippen LogP contribution in [-0.2, 0) is 16.1 Å². The average molecular weight is 479 g/mol. The van der Waals surface area contributed by atoms with Crippen molar-refractivity contribution in [3.63, 3.8) is 0 Å². The molecule has 1 N–H and O–H groups in total. The van der Waals surface area contributed by atoms with Crippen molar-refractivity contribution in [3.8, 4) is 11.6 Å². The minimum atomic E-state index is -0.712. The lowest BCUT2D eigenvalue weighted by atomic mass is 9.80. The van der Waals surface area contributed by atoms with Gasteiger partial charge in [-0.15, -0.1) is 0 Å². The maximum Gasteiger partial charge on any atom is 0.246 e. The molecular weight excluding hydrogens is 440 g/mol. The van der Waals surface area contributed by atoms with Gasteiger partial charge in [-0.1, -0.05) is 45.4 Å². The van der Waals surface area contributed by atoms with Gasteiger partial charge in [-0.25, -0.2) is 4.98 Å². The number of ether oxygens (including phenoxy) is 1. The van der Waals surface area contributed by atoms with E-state index in [1.807, 2.05) is 35.2 Å². The van der Waals surface area contributed by atoms with E-state index in [4.69, 9.17) is 4.74 Å². The first-order valence-corrected chi connectivity index (χ1v) is 12.9. The van der Waals surface area contributed by atoms with Crippen LogP contribution < -0.4 is 10.1 Å². The molecule has 188 valence electrons. The van der Waals surface area contributed by atoms with Crippen molar-refractivity contribution in [1.82, 2.24) is 20.1 Å². The molecule has 3 heterocycles.